The van der Waals surface area contributed by atoms with Crippen LogP contribution in [0.3, 0.4) is 0 Å². The number of carbonyl (C=O) groups is 1. The molecule has 1 aromatic rings. The van der Waals surface area contributed by atoms with Crippen LogP contribution in [-0.2, 0) is 0 Å². The molecule has 0 atom stereocenters. The van der Waals surface area contributed by atoms with E-state index in [1.54, 1.807) is 18.2 Å². The molecule has 3 N–H and O–H groups in total. The predicted octanol–water partition coefficient (Wildman–Crippen LogP) is 2.92. The van der Waals surface area contributed by atoms with Crippen LogP contribution in [0.1, 0.15) is 43.5 Å². The highest BCUT2D eigenvalue weighted by Gasteiger charge is 2.15. The summed E-state index contributed by atoms with van der Waals surface area (Å²) in [4.78, 5) is 11.0. The maximum absolute atomic E-state index is 11.0. The Bertz CT molecular complexity index is 475. The second-order valence-corrected chi connectivity index (χ2v) is 5.32. The minimum Gasteiger partial charge on any atom is -0.385 e. The van der Waals surface area contributed by atoms with Gasteiger partial charge in [-0.05, 0) is 44.9 Å². The molecule has 1 amide bonds. The number of carbonyl (C=O) groups excluding carboxylic acids is 1. The zero-order valence-corrected chi connectivity index (χ0v) is 11.6. The van der Waals surface area contributed by atoms with E-state index in [0.29, 0.717) is 5.56 Å². The van der Waals surface area contributed by atoms with Gasteiger partial charge in [-0.15, -0.1) is 0 Å². The maximum atomic E-state index is 11.0. The number of hydrogen-bond acceptors (Lipinski definition) is 3. The minimum absolute atomic E-state index is 0.244. The van der Waals surface area contributed by atoms with Crippen LogP contribution in [0.5, 0.6) is 0 Å². The van der Waals surface area contributed by atoms with Crippen LogP contribution in [0, 0.1) is 16.7 Å². The summed E-state index contributed by atoms with van der Waals surface area (Å²) >= 11 is 0. The lowest BCUT2D eigenvalue weighted by Crippen LogP contribution is -2.12. The molecule has 4 heteroatoms. The SMILES string of the molecule is CC(C)(C#N)CCCCNc1cccc(C(N)=O)c1. The van der Waals surface area contributed by atoms with Crippen molar-refractivity contribution in [1.82, 2.24) is 0 Å². The van der Waals surface area contributed by atoms with E-state index < -0.39 is 5.91 Å². The molecule has 0 spiro atoms. The molecule has 102 valence electrons. The average Bonchev–Trinajstić information content (AvgIpc) is 2.38. The van der Waals surface area contributed by atoms with Crippen LogP contribution in [0.2, 0.25) is 0 Å². The van der Waals surface area contributed by atoms with E-state index >= 15 is 0 Å². The molecule has 0 aliphatic heterocycles. The number of hydrogen-bond donors (Lipinski definition) is 2. The highest BCUT2D eigenvalue weighted by atomic mass is 16.1. The number of amides is 1. The Morgan fingerprint density at radius 3 is 2.79 bits per heavy atom. The Morgan fingerprint density at radius 1 is 1.42 bits per heavy atom. The monoisotopic (exact) mass is 259 g/mol. The third kappa shape index (κ3) is 5.43. The Morgan fingerprint density at radius 2 is 2.16 bits per heavy atom. The van der Waals surface area contributed by atoms with Gasteiger partial charge in [0.1, 0.15) is 0 Å². The summed E-state index contributed by atoms with van der Waals surface area (Å²) in [6.07, 6.45) is 2.89. The highest BCUT2D eigenvalue weighted by molar-refractivity contribution is 5.93. The number of primary amides is 1. The van der Waals surface area contributed by atoms with Crippen molar-refractivity contribution in [3.8, 4) is 6.07 Å². The Labute approximate surface area is 114 Å². The van der Waals surface area contributed by atoms with E-state index in [2.05, 4.69) is 11.4 Å². The lowest BCUT2D eigenvalue weighted by atomic mass is 9.89. The molecule has 0 aromatic heterocycles. The van der Waals surface area contributed by atoms with Crippen LogP contribution in [0.15, 0.2) is 24.3 Å². The molecule has 0 saturated heterocycles. The number of nitrogens with one attached hydrogen (secondary N) is 1. The van der Waals surface area contributed by atoms with Gasteiger partial charge in [-0.25, -0.2) is 0 Å². The van der Waals surface area contributed by atoms with Gasteiger partial charge >= 0.3 is 0 Å². The Balaban J connectivity index is 2.32. The molecule has 0 aliphatic rings. The van der Waals surface area contributed by atoms with Crippen molar-refractivity contribution in [1.29, 1.82) is 5.26 Å². The fourth-order valence-electron chi connectivity index (χ4n) is 1.76. The van der Waals surface area contributed by atoms with Gasteiger partial charge < -0.3 is 11.1 Å². The van der Waals surface area contributed by atoms with Crippen LogP contribution < -0.4 is 11.1 Å². The van der Waals surface area contributed by atoms with Crippen molar-refractivity contribution in [2.75, 3.05) is 11.9 Å². The number of nitriles is 1. The number of rotatable bonds is 7. The topological polar surface area (TPSA) is 78.9 Å². The average molecular weight is 259 g/mol. The molecule has 0 heterocycles. The molecule has 19 heavy (non-hydrogen) atoms. The standard InChI is InChI=1S/C15H21N3O/c1-15(2,11-16)8-3-4-9-18-13-7-5-6-12(10-13)14(17)19/h5-7,10,18H,3-4,8-9H2,1-2H3,(H2,17,19). The zero-order valence-electron chi connectivity index (χ0n) is 11.6. The fourth-order valence-corrected chi connectivity index (χ4v) is 1.76. The zero-order chi connectivity index (χ0) is 14.3. The molecule has 1 rings (SSSR count). The molecule has 0 radical (unpaired) electrons. The van der Waals surface area contributed by atoms with E-state index in [1.807, 2.05) is 19.9 Å². The molecular formula is C15H21N3O. The van der Waals surface area contributed by atoms with Crippen LogP contribution in [0.25, 0.3) is 0 Å². The van der Waals surface area contributed by atoms with Gasteiger partial charge in [0.2, 0.25) is 5.91 Å². The van der Waals surface area contributed by atoms with E-state index in [0.717, 1.165) is 31.5 Å². The van der Waals surface area contributed by atoms with Crippen LogP contribution in [-0.4, -0.2) is 12.5 Å². The number of unbranched alkanes of at least 4 members (excludes halogenated alkanes) is 1. The van der Waals surface area contributed by atoms with Crippen molar-refractivity contribution < 1.29 is 4.79 Å². The van der Waals surface area contributed by atoms with E-state index in [1.165, 1.54) is 0 Å². The van der Waals surface area contributed by atoms with Gasteiger partial charge in [-0.1, -0.05) is 12.5 Å². The lowest BCUT2D eigenvalue weighted by Gasteiger charge is -2.14. The minimum atomic E-state index is -0.417. The molecule has 1 aromatic carbocycles. The van der Waals surface area contributed by atoms with Gasteiger partial charge in [-0.2, -0.15) is 5.26 Å². The number of benzene rings is 1. The van der Waals surface area contributed by atoms with Crippen molar-refractivity contribution in [2.45, 2.75) is 33.1 Å². The normalized spacial score (nSPS) is 10.8. The van der Waals surface area contributed by atoms with Crippen LogP contribution >= 0.6 is 0 Å². The molecule has 0 aliphatic carbocycles. The predicted molar refractivity (Wildman–Crippen MR) is 76.7 cm³/mol. The summed E-state index contributed by atoms with van der Waals surface area (Å²) in [6, 6.07) is 9.46. The first-order valence-electron chi connectivity index (χ1n) is 6.49. The highest BCUT2D eigenvalue weighted by Crippen LogP contribution is 2.21. The Hall–Kier alpha value is -2.02. The largest absolute Gasteiger partial charge is 0.385 e. The van der Waals surface area contributed by atoms with E-state index in [-0.39, 0.29) is 5.41 Å². The molecule has 0 fully saturated rings. The van der Waals surface area contributed by atoms with Crippen molar-refractivity contribution in [3.05, 3.63) is 29.8 Å². The van der Waals surface area contributed by atoms with Crippen LogP contribution in [0.4, 0.5) is 5.69 Å². The Kier molecular flexibility index (Phi) is 5.37. The van der Waals surface area contributed by atoms with E-state index in [4.69, 9.17) is 11.0 Å². The first-order valence-corrected chi connectivity index (χ1v) is 6.49. The molecule has 0 bridgehead atoms. The van der Waals surface area contributed by atoms with Crippen molar-refractivity contribution >= 4 is 11.6 Å². The summed E-state index contributed by atoms with van der Waals surface area (Å²) in [6.45, 7) is 4.73. The summed E-state index contributed by atoms with van der Waals surface area (Å²) in [5.41, 5.74) is 6.39. The van der Waals surface area contributed by atoms with Gasteiger partial charge in [0.25, 0.3) is 0 Å². The van der Waals surface area contributed by atoms with Gasteiger partial charge in [0.05, 0.1) is 11.5 Å². The van der Waals surface area contributed by atoms with E-state index in [9.17, 15) is 4.79 Å². The van der Waals surface area contributed by atoms with Crippen molar-refractivity contribution in [3.63, 3.8) is 0 Å². The summed E-state index contributed by atoms with van der Waals surface area (Å²) in [5, 5.41) is 12.2. The maximum Gasteiger partial charge on any atom is 0.248 e. The third-order valence-corrected chi connectivity index (χ3v) is 3.01. The first kappa shape index (κ1) is 15.0. The molecule has 0 saturated carbocycles. The van der Waals surface area contributed by atoms with Gasteiger partial charge in [0, 0.05) is 17.8 Å². The quantitative estimate of drug-likeness (QED) is 0.739. The summed E-state index contributed by atoms with van der Waals surface area (Å²) in [5.74, 6) is -0.417. The molecule has 0 unspecified atom stereocenters. The molecular weight excluding hydrogens is 238 g/mol. The summed E-state index contributed by atoms with van der Waals surface area (Å²) < 4.78 is 0. The smallest absolute Gasteiger partial charge is 0.248 e. The second-order valence-electron chi connectivity index (χ2n) is 5.32. The van der Waals surface area contributed by atoms with Crippen molar-refractivity contribution in [2.24, 2.45) is 11.1 Å². The second kappa shape index (κ2) is 6.79. The first-order chi connectivity index (χ1) is 8.94. The lowest BCUT2D eigenvalue weighted by molar-refractivity contribution is 0.100. The fraction of sp³-hybridized carbons (Fsp3) is 0.467. The number of nitrogens with zero attached hydrogens (tertiary/aromatic N) is 1. The van der Waals surface area contributed by atoms with Gasteiger partial charge in [0.15, 0.2) is 0 Å². The summed E-state index contributed by atoms with van der Waals surface area (Å²) in [7, 11) is 0. The number of anilines is 1. The number of nitrogens with two attached hydrogens (primary N) is 1. The molecule has 4 nitrogen and oxygen atoms in total. The third-order valence-electron chi connectivity index (χ3n) is 3.01. The van der Waals surface area contributed by atoms with Gasteiger partial charge in [-0.3, -0.25) is 4.79 Å².